The van der Waals surface area contributed by atoms with Gasteiger partial charge in [0.15, 0.2) is 4.77 Å². The van der Waals surface area contributed by atoms with E-state index in [0.29, 0.717) is 33.3 Å². The maximum Gasteiger partial charge on any atom is 0.262 e. The summed E-state index contributed by atoms with van der Waals surface area (Å²) in [5.74, 6) is -0.842. The molecule has 0 aliphatic heterocycles. The van der Waals surface area contributed by atoms with Crippen LogP contribution in [0.25, 0.3) is 10.9 Å². The lowest BCUT2D eigenvalue weighted by atomic mass is 10.1. The van der Waals surface area contributed by atoms with Crippen LogP contribution in [0.15, 0.2) is 41.2 Å². The highest BCUT2D eigenvalue weighted by Gasteiger charge is 2.14. The zero-order chi connectivity index (χ0) is 19.7. The highest BCUT2D eigenvalue weighted by atomic mass is 35.5. The van der Waals surface area contributed by atoms with E-state index >= 15 is 0 Å². The summed E-state index contributed by atoms with van der Waals surface area (Å²) < 4.78 is 15.1. The minimum Gasteiger partial charge on any atom is -0.346 e. The number of aromatic amines is 1. The van der Waals surface area contributed by atoms with Gasteiger partial charge in [-0.1, -0.05) is 17.7 Å². The van der Waals surface area contributed by atoms with Crippen LogP contribution < -0.4 is 10.9 Å². The standard InChI is InChI=1S/C19H17ClFN3O2S/c1-3-24-18(26)13-6-4-12(9-16(13)23-19(24)27)17(25)22-10(2)11-5-7-15(21)14(20)8-11/h4-10H,3H2,1-2H3,(H,22,25)(H,23,27)/t10-/m1/s1. The fraction of sp³-hybridized carbons (Fsp3) is 0.211. The third kappa shape index (κ3) is 3.79. The summed E-state index contributed by atoms with van der Waals surface area (Å²) in [5, 5.41) is 3.29. The van der Waals surface area contributed by atoms with E-state index in [1.165, 1.54) is 16.7 Å². The molecule has 5 nitrogen and oxygen atoms in total. The predicted octanol–water partition coefficient (Wildman–Crippen LogP) is 4.36. The van der Waals surface area contributed by atoms with Gasteiger partial charge in [0.05, 0.1) is 22.0 Å². The first-order valence-corrected chi connectivity index (χ1v) is 9.13. The van der Waals surface area contributed by atoms with Gasteiger partial charge >= 0.3 is 0 Å². The molecule has 3 aromatic rings. The molecule has 0 spiro atoms. The van der Waals surface area contributed by atoms with Crippen LogP contribution >= 0.6 is 23.8 Å². The summed E-state index contributed by atoms with van der Waals surface area (Å²) >= 11 is 11.0. The van der Waals surface area contributed by atoms with Gasteiger partial charge in [0.1, 0.15) is 5.82 Å². The van der Waals surface area contributed by atoms with E-state index in [1.807, 2.05) is 6.92 Å². The Balaban J connectivity index is 1.90. The minimum atomic E-state index is -0.513. The molecule has 8 heteroatoms. The van der Waals surface area contributed by atoms with Crippen molar-refractivity contribution < 1.29 is 9.18 Å². The molecule has 0 fully saturated rings. The predicted molar refractivity (Wildman–Crippen MR) is 106 cm³/mol. The molecule has 140 valence electrons. The average Bonchev–Trinajstić information content (AvgIpc) is 2.63. The molecule has 0 unspecified atom stereocenters. The van der Waals surface area contributed by atoms with Crippen LogP contribution in [0.4, 0.5) is 4.39 Å². The number of rotatable bonds is 4. The van der Waals surface area contributed by atoms with Gasteiger partial charge in [-0.15, -0.1) is 0 Å². The van der Waals surface area contributed by atoms with E-state index in [-0.39, 0.29) is 22.5 Å². The van der Waals surface area contributed by atoms with Gasteiger partial charge in [-0.25, -0.2) is 4.39 Å². The van der Waals surface area contributed by atoms with E-state index in [2.05, 4.69) is 10.3 Å². The Morgan fingerprint density at radius 3 is 2.74 bits per heavy atom. The second-order valence-corrected chi connectivity index (χ2v) is 6.90. The van der Waals surface area contributed by atoms with Crippen LogP contribution in [0.1, 0.15) is 35.8 Å². The van der Waals surface area contributed by atoms with E-state index < -0.39 is 5.82 Å². The van der Waals surface area contributed by atoms with Crippen molar-refractivity contribution in [1.29, 1.82) is 0 Å². The number of halogens is 2. The Morgan fingerprint density at radius 2 is 2.07 bits per heavy atom. The van der Waals surface area contributed by atoms with Gasteiger partial charge in [-0.3, -0.25) is 14.2 Å². The molecule has 0 radical (unpaired) electrons. The van der Waals surface area contributed by atoms with Crippen LogP contribution in [0.3, 0.4) is 0 Å². The molecular formula is C19H17ClFN3O2S. The van der Waals surface area contributed by atoms with Crippen molar-refractivity contribution in [2.75, 3.05) is 0 Å². The molecule has 0 aliphatic carbocycles. The number of amides is 1. The SMILES string of the molecule is CCn1c(=S)[nH]c2cc(C(=O)N[C@H](C)c3ccc(F)c(Cl)c3)ccc2c1=O. The fourth-order valence-corrected chi connectivity index (χ4v) is 3.34. The Morgan fingerprint density at radius 1 is 1.33 bits per heavy atom. The summed E-state index contributed by atoms with van der Waals surface area (Å²) in [6.07, 6.45) is 0. The zero-order valence-electron chi connectivity index (χ0n) is 14.7. The van der Waals surface area contributed by atoms with Gasteiger partial charge in [-0.05, 0) is 62.0 Å². The number of fused-ring (bicyclic) bond motifs is 1. The topological polar surface area (TPSA) is 66.9 Å². The smallest absolute Gasteiger partial charge is 0.262 e. The molecule has 0 saturated heterocycles. The Bertz CT molecular complexity index is 1160. The van der Waals surface area contributed by atoms with E-state index in [9.17, 15) is 14.0 Å². The minimum absolute atomic E-state index is 0.000849. The number of nitrogens with zero attached hydrogens (tertiary/aromatic N) is 1. The summed E-state index contributed by atoms with van der Waals surface area (Å²) in [5.41, 5.74) is 1.36. The molecule has 2 aromatic carbocycles. The van der Waals surface area contributed by atoms with Gasteiger partial charge < -0.3 is 10.3 Å². The molecule has 1 amide bonds. The first-order valence-electron chi connectivity index (χ1n) is 8.34. The summed E-state index contributed by atoms with van der Waals surface area (Å²) in [7, 11) is 0. The number of carbonyl (C=O) groups is 1. The maximum atomic E-state index is 13.3. The molecule has 1 aromatic heterocycles. The van der Waals surface area contributed by atoms with Crippen molar-refractivity contribution in [2.24, 2.45) is 0 Å². The van der Waals surface area contributed by atoms with Crippen molar-refractivity contribution in [1.82, 2.24) is 14.9 Å². The van der Waals surface area contributed by atoms with Crippen LogP contribution in [0.2, 0.25) is 5.02 Å². The zero-order valence-corrected chi connectivity index (χ0v) is 16.2. The van der Waals surface area contributed by atoms with E-state index in [1.54, 1.807) is 31.2 Å². The maximum absolute atomic E-state index is 13.3. The third-order valence-electron chi connectivity index (χ3n) is 4.35. The molecule has 1 heterocycles. The Labute approximate surface area is 164 Å². The van der Waals surface area contributed by atoms with Crippen molar-refractivity contribution in [3.05, 3.63) is 73.5 Å². The van der Waals surface area contributed by atoms with Crippen LogP contribution in [0.5, 0.6) is 0 Å². The fourth-order valence-electron chi connectivity index (χ4n) is 2.83. The number of aromatic nitrogens is 2. The van der Waals surface area contributed by atoms with Crippen molar-refractivity contribution in [3.63, 3.8) is 0 Å². The first kappa shape index (κ1) is 19.3. The van der Waals surface area contributed by atoms with E-state index in [4.69, 9.17) is 23.8 Å². The average molecular weight is 406 g/mol. The Hall–Kier alpha value is -2.51. The summed E-state index contributed by atoms with van der Waals surface area (Å²) in [6, 6.07) is 8.70. The van der Waals surface area contributed by atoms with Crippen LogP contribution in [-0.2, 0) is 6.54 Å². The normalized spacial score (nSPS) is 12.1. The number of hydrogen-bond acceptors (Lipinski definition) is 3. The van der Waals surface area contributed by atoms with E-state index in [0.717, 1.165) is 0 Å². The largest absolute Gasteiger partial charge is 0.346 e. The molecule has 0 saturated carbocycles. The summed E-state index contributed by atoms with van der Waals surface area (Å²) in [6.45, 7) is 4.07. The van der Waals surface area contributed by atoms with Crippen molar-refractivity contribution in [3.8, 4) is 0 Å². The van der Waals surface area contributed by atoms with Crippen molar-refractivity contribution >= 4 is 40.6 Å². The number of benzene rings is 2. The van der Waals surface area contributed by atoms with Gasteiger partial charge in [0, 0.05) is 12.1 Å². The quantitative estimate of drug-likeness (QED) is 0.633. The molecule has 0 aliphatic rings. The second kappa shape index (κ2) is 7.62. The lowest BCUT2D eigenvalue weighted by Gasteiger charge is -2.15. The highest BCUT2D eigenvalue weighted by molar-refractivity contribution is 7.71. The lowest BCUT2D eigenvalue weighted by Crippen LogP contribution is -2.27. The molecule has 1 atom stereocenters. The number of hydrogen-bond donors (Lipinski definition) is 2. The van der Waals surface area contributed by atoms with Gasteiger partial charge in [0.25, 0.3) is 11.5 Å². The van der Waals surface area contributed by atoms with Crippen LogP contribution in [0, 0.1) is 10.6 Å². The number of carbonyl (C=O) groups excluding carboxylic acids is 1. The second-order valence-electron chi connectivity index (χ2n) is 6.11. The molecule has 0 bridgehead atoms. The molecule has 2 N–H and O–H groups in total. The van der Waals surface area contributed by atoms with Gasteiger partial charge in [-0.2, -0.15) is 0 Å². The van der Waals surface area contributed by atoms with Crippen LogP contribution in [-0.4, -0.2) is 15.5 Å². The van der Waals surface area contributed by atoms with Gasteiger partial charge in [0.2, 0.25) is 0 Å². The number of H-pyrrole nitrogens is 1. The lowest BCUT2D eigenvalue weighted by molar-refractivity contribution is 0.0940. The Kier molecular flexibility index (Phi) is 5.43. The monoisotopic (exact) mass is 405 g/mol. The molecular weight excluding hydrogens is 389 g/mol. The highest BCUT2D eigenvalue weighted by Crippen LogP contribution is 2.21. The first-order chi connectivity index (χ1) is 12.8. The van der Waals surface area contributed by atoms with Crippen molar-refractivity contribution in [2.45, 2.75) is 26.4 Å². The number of nitrogens with one attached hydrogen (secondary N) is 2. The summed E-state index contributed by atoms with van der Waals surface area (Å²) in [4.78, 5) is 28.0. The third-order valence-corrected chi connectivity index (χ3v) is 4.96. The molecule has 3 rings (SSSR count). The molecule has 27 heavy (non-hydrogen) atoms.